The van der Waals surface area contributed by atoms with Crippen molar-refractivity contribution >= 4 is 18.0 Å². The number of carbonyl (C=O) groups excluding carboxylic acids is 1. The molecule has 25 heavy (non-hydrogen) atoms. The first-order valence-electron chi connectivity index (χ1n) is 7.11. The molecule has 0 aliphatic heterocycles. The molecule has 0 aromatic heterocycles. The lowest BCUT2D eigenvalue weighted by Crippen LogP contribution is -2.14. The molecule has 0 aliphatic rings. The van der Waals surface area contributed by atoms with E-state index in [1.54, 1.807) is 30.3 Å². The van der Waals surface area contributed by atoms with Gasteiger partial charge in [0.05, 0.1) is 11.1 Å². The van der Waals surface area contributed by atoms with Crippen LogP contribution in [0.1, 0.15) is 27.0 Å². The van der Waals surface area contributed by atoms with Crippen LogP contribution < -0.4 is 0 Å². The van der Waals surface area contributed by atoms with Crippen molar-refractivity contribution in [3.8, 4) is 0 Å². The van der Waals surface area contributed by atoms with Crippen LogP contribution in [0.4, 0.5) is 13.2 Å². The lowest BCUT2D eigenvalue weighted by Gasteiger charge is -2.12. The largest absolute Gasteiger partial charge is 0.478 e. The molecule has 0 aliphatic carbocycles. The molecule has 7 heteroatoms. The molecule has 0 saturated carbocycles. The fourth-order valence-electron chi connectivity index (χ4n) is 2.12. The van der Waals surface area contributed by atoms with Crippen LogP contribution in [0.5, 0.6) is 0 Å². The molecule has 1 N–H and O–H groups in total. The van der Waals surface area contributed by atoms with Crippen LogP contribution in [0.2, 0.25) is 0 Å². The first kappa shape index (κ1) is 18.3. The van der Waals surface area contributed by atoms with Gasteiger partial charge < -0.3 is 9.84 Å². The normalized spacial score (nSPS) is 11.5. The van der Waals surface area contributed by atoms with Gasteiger partial charge >= 0.3 is 18.1 Å². The number of halogens is 3. The van der Waals surface area contributed by atoms with Gasteiger partial charge in [-0.2, -0.15) is 13.2 Å². The average Bonchev–Trinajstić information content (AvgIpc) is 2.57. The molecule has 0 bridgehead atoms. The molecule has 0 radical (unpaired) electrons. The molecular weight excluding hydrogens is 337 g/mol. The highest BCUT2D eigenvalue weighted by molar-refractivity contribution is 5.96. The van der Waals surface area contributed by atoms with E-state index in [1.807, 2.05) is 0 Å². The number of aromatic carboxylic acids is 1. The van der Waals surface area contributed by atoms with Crippen LogP contribution in [0, 0.1) is 0 Å². The number of esters is 1. The van der Waals surface area contributed by atoms with Crippen LogP contribution in [0.3, 0.4) is 0 Å². The smallest absolute Gasteiger partial charge is 0.417 e. The Morgan fingerprint density at radius 3 is 2.32 bits per heavy atom. The van der Waals surface area contributed by atoms with Crippen molar-refractivity contribution in [2.45, 2.75) is 12.8 Å². The van der Waals surface area contributed by atoms with E-state index in [-0.39, 0.29) is 12.2 Å². The summed E-state index contributed by atoms with van der Waals surface area (Å²) in [7, 11) is 0. The summed E-state index contributed by atoms with van der Waals surface area (Å²) in [6, 6.07) is 11.7. The third kappa shape index (κ3) is 4.94. The number of rotatable bonds is 5. The third-order valence-electron chi connectivity index (χ3n) is 3.24. The summed E-state index contributed by atoms with van der Waals surface area (Å²) in [5.41, 5.74) is -1.68. The van der Waals surface area contributed by atoms with E-state index >= 15 is 0 Å². The van der Waals surface area contributed by atoms with E-state index < -0.39 is 29.2 Å². The van der Waals surface area contributed by atoms with Gasteiger partial charge in [-0.25, -0.2) is 9.59 Å². The zero-order chi connectivity index (χ0) is 18.4. The molecule has 4 nitrogen and oxygen atoms in total. The van der Waals surface area contributed by atoms with Crippen LogP contribution in [-0.2, 0) is 22.3 Å². The number of carboxylic acids is 1. The van der Waals surface area contributed by atoms with Gasteiger partial charge in [-0.1, -0.05) is 42.5 Å². The van der Waals surface area contributed by atoms with E-state index in [0.29, 0.717) is 6.07 Å². The summed E-state index contributed by atoms with van der Waals surface area (Å²) >= 11 is 0. The molecule has 2 aromatic carbocycles. The Labute approximate surface area is 141 Å². The first-order valence-corrected chi connectivity index (χ1v) is 7.11. The van der Waals surface area contributed by atoms with Crippen molar-refractivity contribution in [1.82, 2.24) is 0 Å². The maximum Gasteiger partial charge on any atom is 0.417 e. The van der Waals surface area contributed by atoms with E-state index in [2.05, 4.69) is 0 Å². The van der Waals surface area contributed by atoms with E-state index in [9.17, 15) is 22.8 Å². The maximum absolute atomic E-state index is 12.9. The topological polar surface area (TPSA) is 63.6 Å². The number of carboxylic acid groups (broad SMARTS) is 1. The summed E-state index contributed by atoms with van der Waals surface area (Å²) in [4.78, 5) is 22.9. The first-order chi connectivity index (χ1) is 11.8. The Kier molecular flexibility index (Phi) is 5.59. The second-order valence-corrected chi connectivity index (χ2v) is 5.00. The number of carbonyl (C=O) groups is 2. The fraction of sp³-hybridized carbons (Fsp3) is 0.111. The van der Waals surface area contributed by atoms with Crippen LogP contribution in [0.15, 0.2) is 54.6 Å². The van der Waals surface area contributed by atoms with Crippen molar-refractivity contribution in [3.63, 3.8) is 0 Å². The van der Waals surface area contributed by atoms with Crippen LogP contribution in [0.25, 0.3) is 6.08 Å². The summed E-state index contributed by atoms with van der Waals surface area (Å²) in [6.07, 6.45) is -2.93. The van der Waals surface area contributed by atoms with Gasteiger partial charge in [0.25, 0.3) is 0 Å². The van der Waals surface area contributed by atoms with Gasteiger partial charge in [0.2, 0.25) is 0 Å². The summed E-state index contributed by atoms with van der Waals surface area (Å²) < 4.78 is 43.7. The van der Waals surface area contributed by atoms with E-state index in [0.717, 1.165) is 23.8 Å². The number of hydrogen-bond donors (Lipinski definition) is 1. The van der Waals surface area contributed by atoms with Gasteiger partial charge in [0, 0.05) is 6.08 Å². The Morgan fingerprint density at radius 2 is 1.72 bits per heavy atom. The molecular formula is C18H13F3O4. The zero-order valence-electron chi connectivity index (χ0n) is 12.8. The highest BCUT2D eigenvalue weighted by atomic mass is 19.4. The van der Waals surface area contributed by atoms with Gasteiger partial charge in [-0.3, -0.25) is 0 Å². The Morgan fingerprint density at radius 1 is 1.04 bits per heavy atom. The minimum absolute atomic E-state index is 0.00160. The van der Waals surface area contributed by atoms with Gasteiger partial charge in [0.1, 0.15) is 6.61 Å². The van der Waals surface area contributed by atoms with Crippen LogP contribution in [-0.4, -0.2) is 17.0 Å². The van der Waals surface area contributed by atoms with Crippen molar-refractivity contribution < 1.29 is 32.6 Å². The predicted octanol–water partition coefficient (Wildman–Crippen LogP) is 4.16. The van der Waals surface area contributed by atoms with Gasteiger partial charge in [-0.15, -0.1) is 0 Å². The molecule has 0 saturated heterocycles. The van der Waals surface area contributed by atoms with Crippen molar-refractivity contribution in [2.75, 3.05) is 0 Å². The molecule has 0 spiro atoms. The lowest BCUT2D eigenvalue weighted by atomic mass is 10.00. The quantitative estimate of drug-likeness (QED) is 0.650. The lowest BCUT2D eigenvalue weighted by molar-refractivity contribution is -0.139. The maximum atomic E-state index is 12.9. The molecule has 2 rings (SSSR count). The molecule has 2 aromatic rings. The molecule has 0 amide bonds. The van der Waals surface area contributed by atoms with Crippen molar-refractivity contribution in [2.24, 2.45) is 0 Å². The summed E-state index contributed by atoms with van der Waals surface area (Å²) in [5, 5.41) is 9.08. The molecule has 0 fully saturated rings. The van der Waals surface area contributed by atoms with Crippen molar-refractivity contribution in [3.05, 3.63) is 76.9 Å². The Bertz CT molecular complexity index is 796. The standard InChI is InChI=1S/C18H13F3O4/c19-18(20,21)14-8-4-7-13(16(14)17(23)24)9-10-15(22)25-11-12-5-2-1-3-6-12/h1-10H,11H2,(H,23,24)/b10-9-. The van der Waals surface area contributed by atoms with Crippen molar-refractivity contribution in [1.29, 1.82) is 0 Å². The minimum Gasteiger partial charge on any atom is -0.478 e. The number of ether oxygens (including phenoxy) is 1. The van der Waals surface area contributed by atoms with E-state index in [1.165, 1.54) is 6.07 Å². The number of hydrogen-bond acceptors (Lipinski definition) is 3. The average molecular weight is 350 g/mol. The number of benzene rings is 2. The monoisotopic (exact) mass is 350 g/mol. The minimum atomic E-state index is -4.81. The highest BCUT2D eigenvalue weighted by Crippen LogP contribution is 2.33. The van der Waals surface area contributed by atoms with Gasteiger partial charge in [-0.05, 0) is 23.3 Å². The number of alkyl halides is 3. The summed E-state index contributed by atoms with van der Waals surface area (Å²) in [6.45, 7) is -0.00160. The van der Waals surface area contributed by atoms with Gasteiger partial charge in [0.15, 0.2) is 0 Å². The molecule has 0 heterocycles. The second kappa shape index (κ2) is 7.65. The van der Waals surface area contributed by atoms with E-state index in [4.69, 9.17) is 9.84 Å². The Balaban J connectivity index is 2.17. The molecule has 130 valence electrons. The highest BCUT2D eigenvalue weighted by Gasteiger charge is 2.36. The SMILES string of the molecule is O=C(/C=C\c1cccc(C(F)(F)F)c1C(=O)O)OCc1ccccc1. The third-order valence-corrected chi connectivity index (χ3v) is 3.24. The zero-order valence-corrected chi connectivity index (χ0v) is 12.8. The van der Waals surface area contributed by atoms with Crippen LogP contribution >= 0.6 is 0 Å². The molecule has 0 unspecified atom stereocenters. The summed E-state index contributed by atoms with van der Waals surface area (Å²) in [5.74, 6) is -2.53. The Hall–Kier alpha value is -3.09. The second-order valence-electron chi connectivity index (χ2n) is 5.00. The predicted molar refractivity (Wildman–Crippen MR) is 83.7 cm³/mol. The molecule has 0 atom stereocenters. The fourth-order valence-corrected chi connectivity index (χ4v) is 2.12.